The summed E-state index contributed by atoms with van der Waals surface area (Å²) in [6, 6.07) is 0. The van der Waals surface area contributed by atoms with Crippen molar-refractivity contribution in [1.82, 2.24) is 10.5 Å². The number of aromatic nitrogens is 1. The summed E-state index contributed by atoms with van der Waals surface area (Å²) >= 11 is 0. The maximum absolute atomic E-state index is 11.7. The smallest absolute Gasteiger partial charge is 0.225 e. The first kappa shape index (κ1) is 13.7. The highest BCUT2D eigenvalue weighted by Crippen LogP contribution is 2.13. The summed E-state index contributed by atoms with van der Waals surface area (Å²) in [5.41, 5.74) is 0.406. The third kappa shape index (κ3) is 3.28. The third-order valence-corrected chi connectivity index (χ3v) is 2.66. The van der Waals surface area contributed by atoms with E-state index in [0.717, 1.165) is 5.56 Å². The van der Waals surface area contributed by atoms with Crippen molar-refractivity contribution >= 4 is 5.91 Å². The van der Waals surface area contributed by atoms with Crippen LogP contribution in [0.4, 0.5) is 0 Å². The standard InChI is InChI=1S/C11H18N2O4/c1-7-9(8(2)17-13-7)4-10(16)12-11(3,5-14)6-15/h14-15H,4-6H2,1-3H3,(H,12,16). The van der Waals surface area contributed by atoms with Gasteiger partial charge < -0.3 is 20.1 Å². The maximum Gasteiger partial charge on any atom is 0.225 e. The van der Waals surface area contributed by atoms with Crippen molar-refractivity contribution in [1.29, 1.82) is 0 Å². The highest BCUT2D eigenvalue weighted by atomic mass is 16.5. The lowest BCUT2D eigenvalue weighted by atomic mass is 10.0. The van der Waals surface area contributed by atoms with Gasteiger partial charge in [0, 0.05) is 5.56 Å². The zero-order valence-electron chi connectivity index (χ0n) is 10.3. The van der Waals surface area contributed by atoms with Gasteiger partial charge >= 0.3 is 0 Å². The molecule has 17 heavy (non-hydrogen) atoms. The van der Waals surface area contributed by atoms with Crippen LogP contribution >= 0.6 is 0 Å². The van der Waals surface area contributed by atoms with Crippen molar-refractivity contribution in [2.24, 2.45) is 0 Å². The number of nitrogens with zero attached hydrogens (tertiary/aromatic N) is 1. The molecule has 96 valence electrons. The summed E-state index contributed by atoms with van der Waals surface area (Å²) in [5.74, 6) is 0.317. The van der Waals surface area contributed by atoms with Crippen LogP contribution in [0.1, 0.15) is 23.9 Å². The SMILES string of the molecule is Cc1noc(C)c1CC(=O)NC(C)(CO)CO. The Morgan fingerprint density at radius 1 is 1.41 bits per heavy atom. The molecule has 0 aliphatic heterocycles. The number of aliphatic hydroxyl groups is 2. The van der Waals surface area contributed by atoms with E-state index in [0.29, 0.717) is 11.5 Å². The van der Waals surface area contributed by atoms with Gasteiger partial charge in [0.25, 0.3) is 0 Å². The van der Waals surface area contributed by atoms with Crippen molar-refractivity contribution in [2.45, 2.75) is 32.7 Å². The van der Waals surface area contributed by atoms with Crippen molar-refractivity contribution < 1.29 is 19.5 Å². The number of amides is 1. The molecule has 0 aliphatic rings. The monoisotopic (exact) mass is 242 g/mol. The second-order valence-corrected chi connectivity index (χ2v) is 4.40. The third-order valence-electron chi connectivity index (χ3n) is 2.66. The van der Waals surface area contributed by atoms with Crippen LogP contribution in [0.15, 0.2) is 4.52 Å². The Bertz CT molecular complexity index is 377. The second-order valence-electron chi connectivity index (χ2n) is 4.40. The molecular formula is C11H18N2O4. The van der Waals surface area contributed by atoms with Crippen LogP contribution < -0.4 is 5.32 Å². The van der Waals surface area contributed by atoms with E-state index >= 15 is 0 Å². The van der Waals surface area contributed by atoms with Crippen molar-refractivity contribution in [3.05, 3.63) is 17.0 Å². The van der Waals surface area contributed by atoms with Crippen LogP contribution in [0.5, 0.6) is 0 Å². The number of hydrogen-bond acceptors (Lipinski definition) is 5. The van der Waals surface area contributed by atoms with Crippen molar-refractivity contribution in [2.75, 3.05) is 13.2 Å². The number of hydrogen-bond donors (Lipinski definition) is 3. The van der Waals surface area contributed by atoms with E-state index in [1.165, 1.54) is 0 Å². The molecule has 1 aromatic heterocycles. The predicted molar refractivity (Wildman–Crippen MR) is 60.4 cm³/mol. The zero-order valence-corrected chi connectivity index (χ0v) is 10.3. The van der Waals surface area contributed by atoms with Crippen LogP contribution in [-0.4, -0.2) is 40.0 Å². The fraction of sp³-hybridized carbons (Fsp3) is 0.636. The Hall–Kier alpha value is -1.40. The topological polar surface area (TPSA) is 95.6 Å². The van der Waals surface area contributed by atoms with Gasteiger partial charge in [0.1, 0.15) is 5.76 Å². The fourth-order valence-electron chi connectivity index (χ4n) is 1.42. The van der Waals surface area contributed by atoms with Gasteiger partial charge in [0.05, 0.1) is 30.9 Å². The normalized spacial score (nSPS) is 11.6. The lowest BCUT2D eigenvalue weighted by molar-refractivity contribution is -0.123. The highest BCUT2D eigenvalue weighted by Gasteiger charge is 2.25. The molecule has 1 heterocycles. The molecule has 0 saturated carbocycles. The first-order valence-corrected chi connectivity index (χ1v) is 5.36. The van der Waals surface area contributed by atoms with E-state index < -0.39 is 5.54 Å². The molecule has 0 aliphatic carbocycles. The number of rotatable bonds is 5. The van der Waals surface area contributed by atoms with Gasteiger partial charge in [-0.05, 0) is 20.8 Å². The minimum atomic E-state index is -1.00. The summed E-state index contributed by atoms with van der Waals surface area (Å²) < 4.78 is 4.95. The van der Waals surface area contributed by atoms with Crippen molar-refractivity contribution in [3.63, 3.8) is 0 Å². The van der Waals surface area contributed by atoms with Gasteiger partial charge in [-0.25, -0.2) is 0 Å². The van der Waals surface area contributed by atoms with Crippen LogP contribution in [-0.2, 0) is 11.2 Å². The molecule has 0 unspecified atom stereocenters. The van der Waals surface area contributed by atoms with Crippen LogP contribution in [0.3, 0.4) is 0 Å². The van der Waals surface area contributed by atoms with E-state index in [1.807, 2.05) is 0 Å². The molecule has 0 fully saturated rings. The minimum Gasteiger partial charge on any atom is -0.394 e. The average Bonchev–Trinajstić information content (AvgIpc) is 2.60. The fourth-order valence-corrected chi connectivity index (χ4v) is 1.42. The van der Waals surface area contributed by atoms with Crippen LogP contribution in [0, 0.1) is 13.8 Å². The average molecular weight is 242 g/mol. The molecule has 0 aromatic carbocycles. The van der Waals surface area contributed by atoms with Gasteiger partial charge in [-0.15, -0.1) is 0 Å². The van der Waals surface area contributed by atoms with E-state index in [4.69, 9.17) is 14.7 Å². The maximum atomic E-state index is 11.7. The Kier molecular flexibility index (Phi) is 4.25. The molecule has 0 bridgehead atoms. The van der Waals surface area contributed by atoms with E-state index in [-0.39, 0.29) is 25.5 Å². The Morgan fingerprint density at radius 2 is 2.00 bits per heavy atom. The molecule has 3 N–H and O–H groups in total. The van der Waals surface area contributed by atoms with Gasteiger partial charge in [-0.2, -0.15) is 0 Å². The van der Waals surface area contributed by atoms with Crippen LogP contribution in [0.25, 0.3) is 0 Å². The molecule has 1 aromatic rings. The van der Waals surface area contributed by atoms with Gasteiger partial charge in [0.2, 0.25) is 5.91 Å². The molecule has 1 rings (SSSR count). The summed E-state index contributed by atoms with van der Waals surface area (Å²) in [6.45, 7) is 4.42. The predicted octanol–water partition coefficient (Wildman–Crippen LogP) is -0.307. The minimum absolute atomic E-state index is 0.122. The summed E-state index contributed by atoms with van der Waals surface area (Å²) in [7, 11) is 0. The number of aliphatic hydroxyl groups excluding tert-OH is 2. The van der Waals surface area contributed by atoms with Crippen molar-refractivity contribution in [3.8, 4) is 0 Å². The van der Waals surface area contributed by atoms with E-state index in [1.54, 1.807) is 20.8 Å². The van der Waals surface area contributed by atoms with Crippen LogP contribution in [0.2, 0.25) is 0 Å². The number of carbonyl (C=O) groups excluding carboxylic acids is 1. The van der Waals surface area contributed by atoms with Gasteiger partial charge in [-0.3, -0.25) is 4.79 Å². The molecule has 1 amide bonds. The lowest BCUT2D eigenvalue weighted by Crippen LogP contribution is -2.52. The molecule has 6 heteroatoms. The molecule has 0 atom stereocenters. The Morgan fingerprint density at radius 3 is 2.41 bits per heavy atom. The molecule has 0 saturated heterocycles. The largest absolute Gasteiger partial charge is 0.394 e. The quantitative estimate of drug-likeness (QED) is 0.658. The highest BCUT2D eigenvalue weighted by molar-refractivity contribution is 5.79. The molecule has 6 nitrogen and oxygen atoms in total. The number of carbonyl (C=O) groups is 1. The summed E-state index contributed by atoms with van der Waals surface area (Å²) in [4.78, 5) is 11.7. The summed E-state index contributed by atoms with van der Waals surface area (Å²) in [5, 5.41) is 24.5. The second kappa shape index (κ2) is 5.29. The lowest BCUT2D eigenvalue weighted by Gasteiger charge is -2.26. The summed E-state index contributed by atoms with van der Waals surface area (Å²) in [6.07, 6.45) is 0.122. The first-order valence-electron chi connectivity index (χ1n) is 5.36. The molecular weight excluding hydrogens is 224 g/mol. The Balaban J connectivity index is 2.68. The molecule has 0 spiro atoms. The zero-order chi connectivity index (χ0) is 13.1. The number of aryl methyl sites for hydroxylation is 2. The number of nitrogens with one attached hydrogen (secondary N) is 1. The van der Waals surface area contributed by atoms with E-state index in [9.17, 15) is 4.79 Å². The molecule has 0 radical (unpaired) electrons. The van der Waals surface area contributed by atoms with Gasteiger partial charge in [-0.1, -0.05) is 5.16 Å². The van der Waals surface area contributed by atoms with Gasteiger partial charge in [0.15, 0.2) is 0 Å². The Labute approximate surface area is 99.6 Å². The van der Waals surface area contributed by atoms with E-state index in [2.05, 4.69) is 10.5 Å². The first-order chi connectivity index (χ1) is 7.91.